The number of amides is 1. The molecule has 0 bridgehead atoms. The van der Waals surface area contributed by atoms with Crippen LogP contribution in [0.4, 0.5) is 0 Å². The minimum atomic E-state index is 0.0570. The molecule has 1 saturated heterocycles. The number of methoxy groups -OCH3 is 2. The molecule has 1 aliphatic rings. The molecule has 4 rings (SSSR count). The fraction of sp³-hybridized carbons (Fsp3) is 0.273. The molecule has 0 aliphatic carbocycles. The number of aromatic nitrogens is 2. The zero-order chi connectivity index (χ0) is 19.5. The van der Waals surface area contributed by atoms with Gasteiger partial charge in [-0.25, -0.2) is 4.98 Å². The van der Waals surface area contributed by atoms with Gasteiger partial charge in [-0.2, -0.15) is 0 Å². The average molecular weight is 377 g/mol. The SMILES string of the molecule is COc1ccc(OC)c(C2CCN(C(=O)c3ccc(-n4ccnc4)cc3)C2)c1. The Morgan fingerprint density at radius 1 is 1.11 bits per heavy atom. The highest BCUT2D eigenvalue weighted by atomic mass is 16.5. The van der Waals surface area contributed by atoms with E-state index in [9.17, 15) is 4.79 Å². The van der Waals surface area contributed by atoms with E-state index in [2.05, 4.69) is 4.98 Å². The van der Waals surface area contributed by atoms with Crippen molar-refractivity contribution in [2.75, 3.05) is 27.3 Å². The number of hydrogen-bond donors (Lipinski definition) is 0. The quantitative estimate of drug-likeness (QED) is 0.683. The molecule has 2 heterocycles. The van der Waals surface area contributed by atoms with Crippen molar-refractivity contribution in [2.45, 2.75) is 12.3 Å². The Morgan fingerprint density at radius 3 is 2.61 bits per heavy atom. The molecule has 3 aromatic rings. The van der Waals surface area contributed by atoms with Gasteiger partial charge < -0.3 is 18.9 Å². The molecule has 1 atom stereocenters. The van der Waals surface area contributed by atoms with Crippen LogP contribution in [0.1, 0.15) is 28.3 Å². The first-order chi connectivity index (χ1) is 13.7. The van der Waals surface area contributed by atoms with Gasteiger partial charge in [0.25, 0.3) is 5.91 Å². The van der Waals surface area contributed by atoms with Gasteiger partial charge in [-0.05, 0) is 48.9 Å². The monoisotopic (exact) mass is 377 g/mol. The zero-order valence-corrected chi connectivity index (χ0v) is 16.0. The van der Waals surface area contributed by atoms with Gasteiger partial charge in [-0.1, -0.05) is 0 Å². The molecule has 1 aromatic heterocycles. The topological polar surface area (TPSA) is 56.6 Å². The van der Waals surface area contributed by atoms with Gasteiger partial charge in [0.2, 0.25) is 0 Å². The third-order valence-electron chi connectivity index (χ3n) is 5.27. The third kappa shape index (κ3) is 3.45. The second kappa shape index (κ2) is 7.76. The molecule has 0 N–H and O–H groups in total. The third-order valence-corrected chi connectivity index (χ3v) is 5.27. The molecule has 2 aromatic carbocycles. The van der Waals surface area contributed by atoms with Gasteiger partial charge in [0.05, 0.1) is 20.5 Å². The van der Waals surface area contributed by atoms with Crippen LogP contribution in [0.2, 0.25) is 0 Å². The normalized spacial score (nSPS) is 16.2. The largest absolute Gasteiger partial charge is 0.497 e. The van der Waals surface area contributed by atoms with Crippen molar-refractivity contribution in [1.82, 2.24) is 14.5 Å². The van der Waals surface area contributed by atoms with Crippen LogP contribution < -0.4 is 9.47 Å². The van der Waals surface area contributed by atoms with Gasteiger partial charge >= 0.3 is 0 Å². The summed E-state index contributed by atoms with van der Waals surface area (Å²) >= 11 is 0. The summed E-state index contributed by atoms with van der Waals surface area (Å²) in [5.41, 5.74) is 2.77. The highest BCUT2D eigenvalue weighted by Gasteiger charge is 2.30. The Balaban J connectivity index is 1.49. The van der Waals surface area contributed by atoms with Crippen molar-refractivity contribution >= 4 is 5.91 Å². The van der Waals surface area contributed by atoms with E-state index in [-0.39, 0.29) is 11.8 Å². The van der Waals surface area contributed by atoms with Gasteiger partial charge in [0, 0.05) is 48.2 Å². The number of benzene rings is 2. The van der Waals surface area contributed by atoms with Crippen molar-refractivity contribution in [3.63, 3.8) is 0 Å². The van der Waals surface area contributed by atoms with E-state index in [0.717, 1.165) is 35.7 Å². The smallest absolute Gasteiger partial charge is 0.253 e. The molecule has 0 radical (unpaired) electrons. The molecular weight excluding hydrogens is 354 g/mol. The fourth-order valence-corrected chi connectivity index (χ4v) is 3.73. The van der Waals surface area contributed by atoms with E-state index in [1.54, 1.807) is 26.7 Å². The minimum Gasteiger partial charge on any atom is -0.497 e. The Hall–Kier alpha value is -3.28. The van der Waals surface area contributed by atoms with Crippen LogP contribution in [0.3, 0.4) is 0 Å². The average Bonchev–Trinajstić information content (AvgIpc) is 3.45. The lowest BCUT2D eigenvalue weighted by Gasteiger charge is -2.19. The van der Waals surface area contributed by atoms with Crippen molar-refractivity contribution in [1.29, 1.82) is 0 Å². The van der Waals surface area contributed by atoms with Crippen molar-refractivity contribution in [2.24, 2.45) is 0 Å². The number of likely N-dealkylation sites (tertiary alicyclic amines) is 1. The van der Waals surface area contributed by atoms with Crippen LogP contribution >= 0.6 is 0 Å². The second-order valence-electron chi connectivity index (χ2n) is 6.86. The number of carbonyl (C=O) groups excluding carboxylic acids is 1. The van der Waals surface area contributed by atoms with E-state index in [1.165, 1.54) is 0 Å². The summed E-state index contributed by atoms with van der Waals surface area (Å²) in [6.07, 6.45) is 6.26. The highest BCUT2D eigenvalue weighted by Crippen LogP contribution is 2.36. The van der Waals surface area contributed by atoms with E-state index in [4.69, 9.17) is 9.47 Å². The summed E-state index contributed by atoms with van der Waals surface area (Å²) in [7, 11) is 3.33. The molecule has 6 heteroatoms. The Bertz CT molecular complexity index is 952. The summed E-state index contributed by atoms with van der Waals surface area (Å²) in [4.78, 5) is 18.9. The standard InChI is InChI=1S/C22H23N3O3/c1-27-19-7-8-21(28-2)20(13-19)17-9-11-24(14-17)22(26)16-3-5-18(6-4-16)25-12-10-23-15-25/h3-8,10,12-13,15,17H,9,11,14H2,1-2H3. The van der Waals surface area contributed by atoms with Crippen LogP contribution in [0.5, 0.6) is 11.5 Å². The first-order valence-corrected chi connectivity index (χ1v) is 9.29. The summed E-state index contributed by atoms with van der Waals surface area (Å²) in [6, 6.07) is 13.4. The number of nitrogens with zero attached hydrogens (tertiary/aromatic N) is 3. The molecule has 144 valence electrons. The number of carbonyl (C=O) groups is 1. The molecular formula is C22H23N3O3. The first kappa shape index (κ1) is 18.1. The minimum absolute atomic E-state index is 0.0570. The molecule has 1 unspecified atom stereocenters. The lowest BCUT2D eigenvalue weighted by molar-refractivity contribution is 0.0790. The van der Waals surface area contributed by atoms with Gasteiger partial charge in [0.1, 0.15) is 11.5 Å². The molecule has 1 aliphatic heterocycles. The van der Waals surface area contributed by atoms with Gasteiger partial charge in [-0.3, -0.25) is 4.79 Å². The summed E-state index contributed by atoms with van der Waals surface area (Å²) in [5, 5.41) is 0. The Morgan fingerprint density at radius 2 is 1.93 bits per heavy atom. The predicted molar refractivity (Wildman–Crippen MR) is 106 cm³/mol. The van der Waals surface area contributed by atoms with E-state index >= 15 is 0 Å². The van der Waals surface area contributed by atoms with E-state index in [1.807, 2.05) is 58.1 Å². The fourth-order valence-electron chi connectivity index (χ4n) is 3.73. The van der Waals surface area contributed by atoms with Crippen LogP contribution in [0.15, 0.2) is 61.2 Å². The van der Waals surface area contributed by atoms with E-state index in [0.29, 0.717) is 12.1 Å². The maximum Gasteiger partial charge on any atom is 0.253 e. The van der Waals surface area contributed by atoms with Crippen LogP contribution in [-0.2, 0) is 0 Å². The van der Waals surface area contributed by atoms with E-state index < -0.39 is 0 Å². The summed E-state index contributed by atoms with van der Waals surface area (Å²) in [5.74, 6) is 1.93. The molecule has 1 fully saturated rings. The number of rotatable bonds is 5. The number of ether oxygens (including phenoxy) is 2. The van der Waals surface area contributed by atoms with Crippen molar-refractivity contribution < 1.29 is 14.3 Å². The molecule has 0 spiro atoms. The molecule has 28 heavy (non-hydrogen) atoms. The van der Waals surface area contributed by atoms with Crippen molar-refractivity contribution in [3.05, 3.63) is 72.3 Å². The summed E-state index contributed by atoms with van der Waals surface area (Å²) < 4.78 is 12.8. The van der Waals surface area contributed by atoms with Crippen LogP contribution in [0.25, 0.3) is 5.69 Å². The molecule has 6 nitrogen and oxygen atoms in total. The predicted octanol–water partition coefficient (Wildman–Crippen LogP) is 3.52. The lowest BCUT2D eigenvalue weighted by Crippen LogP contribution is -2.28. The van der Waals surface area contributed by atoms with Crippen LogP contribution in [0, 0.1) is 0 Å². The first-order valence-electron chi connectivity index (χ1n) is 9.29. The highest BCUT2D eigenvalue weighted by molar-refractivity contribution is 5.94. The second-order valence-corrected chi connectivity index (χ2v) is 6.86. The molecule has 0 saturated carbocycles. The maximum absolute atomic E-state index is 13.0. The Kier molecular flexibility index (Phi) is 5.02. The molecule has 1 amide bonds. The zero-order valence-electron chi connectivity index (χ0n) is 16.0. The van der Waals surface area contributed by atoms with Crippen molar-refractivity contribution in [3.8, 4) is 17.2 Å². The Labute approximate surface area is 164 Å². The van der Waals surface area contributed by atoms with Gasteiger partial charge in [-0.15, -0.1) is 0 Å². The van der Waals surface area contributed by atoms with Crippen LogP contribution in [-0.4, -0.2) is 47.7 Å². The summed E-state index contributed by atoms with van der Waals surface area (Å²) in [6.45, 7) is 1.40. The lowest BCUT2D eigenvalue weighted by atomic mass is 9.97. The number of hydrogen-bond acceptors (Lipinski definition) is 4. The number of imidazole rings is 1. The maximum atomic E-state index is 13.0. The van der Waals surface area contributed by atoms with Gasteiger partial charge in [0.15, 0.2) is 0 Å².